The van der Waals surface area contributed by atoms with Crippen LogP contribution >= 0.6 is 11.6 Å². The average molecular weight is 306 g/mol. The topological polar surface area (TPSA) is 46.9 Å². The highest BCUT2D eigenvalue weighted by Crippen LogP contribution is 2.23. The minimum atomic E-state index is -0.0838. The molecular weight excluding hydrogens is 286 g/mol. The average Bonchev–Trinajstić information content (AvgIpc) is 2.85. The smallest absolute Gasteiger partial charge is 0.251 e. The molecule has 2 rings (SSSR count). The fourth-order valence-corrected chi connectivity index (χ4v) is 2.46. The van der Waals surface area contributed by atoms with Gasteiger partial charge < -0.3 is 5.32 Å². The van der Waals surface area contributed by atoms with Gasteiger partial charge in [0.15, 0.2) is 0 Å². The highest BCUT2D eigenvalue weighted by Gasteiger charge is 2.20. The summed E-state index contributed by atoms with van der Waals surface area (Å²) in [5.74, 6) is 0.555. The quantitative estimate of drug-likeness (QED) is 0.922. The fourth-order valence-electron chi connectivity index (χ4n) is 2.34. The van der Waals surface area contributed by atoms with E-state index >= 15 is 0 Å². The zero-order valence-electron chi connectivity index (χ0n) is 12.5. The van der Waals surface area contributed by atoms with Gasteiger partial charge in [-0.3, -0.25) is 9.48 Å². The third-order valence-electron chi connectivity index (χ3n) is 3.63. The van der Waals surface area contributed by atoms with E-state index in [4.69, 9.17) is 11.6 Å². The lowest BCUT2D eigenvalue weighted by atomic mass is 9.92. The Morgan fingerprint density at radius 2 is 1.95 bits per heavy atom. The molecule has 0 fully saturated rings. The molecule has 0 saturated heterocycles. The monoisotopic (exact) mass is 305 g/mol. The molecule has 2 aromatic rings. The van der Waals surface area contributed by atoms with Gasteiger partial charge in [0.25, 0.3) is 5.91 Å². The fraction of sp³-hybridized carbons (Fsp3) is 0.375. The summed E-state index contributed by atoms with van der Waals surface area (Å²) in [6, 6.07) is 8.90. The normalized spacial score (nSPS) is 12.4. The van der Waals surface area contributed by atoms with Crippen LogP contribution in [0.3, 0.4) is 0 Å². The number of benzene rings is 1. The molecule has 1 heterocycles. The first-order chi connectivity index (χ1) is 9.99. The zero-order chi connectivity index (χ0) is 15.4. The maximum absolute atomic E-state index is 12.2. The van der Waals surface area contributed by atoms with Gasteiger partial charge in [0.2, 0.25) is 0 Å². The number of nitrogens with one attached hydrogen (secondary N) is 1. The molecule has 5 heteroatoms. The van der Waals surface area contributed by atoms with Gasteiger partial charge in [-0.1, -0.05) is 25.4 Å². The third-order valence-corrected chi connectivity index (χ3v) is 3.88. The maximum Gasteiger partial charge on any atom is 0.251 e. The molecule has 0 bridgehead atoms. The van der Waals surface area contributed by atoms with Crippen molar-refractivity contribution in [2.75, 3.05) is 6.54 Å². The Labute approximate surface area is 130 Å². The first-order valence-electron chi connectivity index (χ1n) is 7.00. The molecule has 21 heavy (non-hydrogen) atoms. The SMILES string of the molecule is CC(C)[C@@H](CNC(=O)c1ccc(Cl)cc1)c1ccnn1C. The van der Waals surface area contributed by atoms with Crippen molar-refractivity contribution in [2.24, 2.45) is 13.0 Å². The molecular formula is C16H20ClN3O. The lowest BCUT2D eigenvalue weighted by Crippen LogP contribution is -2.31. The number of halogens is 1. The van der Waals surface area contributed by atoms with Crippen molar-refractivity contribution in [2.45, 2.75) is 19.8 Å². The lowest BCUT2D eigenvalue weighted by Gasteiger charge is -2.21. The Balaban J connectivity index is 2.04. The van der Waals surface area contributed by atoms with Crippen molar-refractivity contribution in [3.05, 3.63) is 52.8 Å². The van der Waals surface area contributed by atoms with E-state index in [1.807, 2.05) is 17.8 Å². The minimum absolute atomic E-state index is 0.0838. The van der Waals surface area contributed by atoms with Crippen LogP contribution in [0.1, 0.15) is 35.8 Å². The number of carbonyl (C=O) groups is 1. The molecule has 0 saturated carbocycles. The van der Waals surface area contributed by atoms with E-state index in [0.29, 0.717) is 23.0 Å². The summed E-state index contributed by atoms with van der Waals surface area (Å²) in [5.41, 5.74) is 1.74. The van der Waals surface area contributed by atoms with Gasteiger partial charge in [-0.2, -0.15) is 5.10 Å². The summed E-state index contributed by atoms with van der Waals surface area (Å²) < 4.78 is 1.86. The zero-order valence-corrected chi connectivity index (χ0v) is 13.3. The number of aromatic nitrogens is 2. The molecule has 0 aliphatic carbocycles. The van der Waals surface area contributed by atoms with E-state index < -0.39 is 0 Å². The lowest BCUT2D eigenvalue weighted by molar-refractivity contribution is 0.0948. The van der Waals surface area contributed by atoms with Crippen LogP contribution in [-0.2, 0) is 7.05 Å². The Morgan fingerprint density at radius 3 is 2.48 bits per heavy atom. The van der Waals surface area contributed by atoms with Crippen LogP contribution in [0.2, 0.25) is 5.02 Å². The number of carbonyl (C=O) groups excluding carboxylic acids is 1. The van der Waals surface area contributed by atoms with E-state index in [-0.39, 0.29) is 11.8 Å². The summed E-state index contributed by atoms with van der Waals surface area (Å²) in [6.45, 7) is 4.87. The summed E-state index contributed by atoms with van der Waals surface area (Å²) in [6.07, 6.45) is 1.78. The van der Waals surface area contributed by atoms with Crippen LogP contribution in [0.5, 0.6) is 0 Å². The largest absolute Gasteiger partial charge is 0.351 e. The van der Waals surface area contributed by atoms with Crippen LogP contribution in [0.15, 0.2) is 36.5 Å². The Morgan fingerprint density at radius 1 is 1.29 bits per heavy atom. The molecule has 1 aromatic carbocycles. The molecule has 1 N–H and O–H groups in total. The number of nitrogens with zero attached hydrogens (tertiary/aromatic N) is 2. The maximum atomic E-state index is 12.2. The van der Waals surface area contributed by atoms with E-state index in [1.54, 1.807) is 30.5 Å². The number of aryl methyl sites for hydroxylation is 1. The highest BCUT2D eigenvalue weighted by molar-refractivity contribution is 6.30. The molecule has 0 aliphatic rings. The van der Waals surface area contributed by atoms with E-state index in [9.17, 15) is 4.79 Å². The van der Waals surface area contributed by atoms with Crippen LogP contribution in [0.25, 0.3) is 0 Å². The van der Waals surface area contributed by atoms with Gasteiger partial charge in [-0.25, -0.2) is 0 Å². The van der Waals surface area contributed by atoms with Crippen molar-refractivity contribution in [3.8, 4) is 0 Å². The van der Waals surface area contributed by atoms with Gasteiger partial charge in [0.1, 0.15) is 0 Å². The molecule has 1 aromatic heterocycles. The minimum Gasteiger partial charge on any atom is -0.351 e. The molecule has 1 atom stereocenters. The third kappa shape index (κ3) is 3.85. The van der Waals surface area contributed by atoms with Crippen molar-refractivity contribution in [1.82, 2.24) is 15.1 Å². The second kappa shape index (κ2) is 6.76. The Kier molecular flexibility index (Phi) is 5.02. The number of rotatable bonds is 5. The second-order valence-electron chi connectivity index (χ2n) is 5.45. The standard InChI is InChI=1S/C16H20ClN3O/c1-11(2)14(15-8-9-19-20(15)3)10-18-16(21)12-4-6-13(17)7-5-12/h4-9,11,14H,10H2,1-3H3,(H,18,21)/t14-/m1/s1. The van der Waals surface area contributed by atoms with Crippen molar-refractivity contribution < 1.29 is 4.79 Å². The van der Waals surface area contributed by atoms with Gasteiger partial charge in [0, 0.05) is 42.0 Å². The predicted octanol–water partition coefficient (Wildman–Crippen LogP) is 3.24. The highest BCUT2D eigenvalue weighted by atomic mass is 35.5. The number of hydrogen-bond donors (Lipinski definition) is 1. The van der Waals surface area contributed by atoms with E-state index in [1.165, 1.54) is 0 Å². The molecule has 112 valence electrons. The molecule has 0 aliphatic heterocycles. The first-order valence-corrected chi connectivity index (χ1v) is 7.38. The molecule has 0 unspecified atom stereocenters. The van der Waals surface area contributed by atoms with Crippen LogP contribution < -0.4 is 5.32 Å². The Hall–Kier alpha value is -1.81. The molecule has 0 radical (unpaired) electrons. The van der Waals surface area contributed by atoms with Crippen LogP contribution in [0, 0.1) is 5.92 Å². The molecule has 0 spiro atoms. The first kappa shape index (κ1) is 15.6. The van der Waals surface area contributed by atoms with Gasteiger partial charge in [0.05, 0.1) is 0 Å². The summed E-state index contributed by atoms with van der Waals surface area (Å²) in [4.78, 5) is 12.2. The second-order valence-corrected chi connectivity index (χ2v) is 5.88. The Bertz CT molecular complexity index is 604. The number of hydrogen-bond acceptors (Lipinski definition) is 2. The van der Waals surface area contributed by atoms with Gasteiger partial charge in [-0.05, 0) is 36.2 Å². The van der Waals surface area contributed by atoms with Crippen molar-refractivity contribution >= 4 is 17.5 Å². The number of amides is 1. The molecule has 4 nitrogen and oxygen atoms in total. The van der Waals surface area contributed by atoms with Gasteiger partial charge in [-0.15, -0.1) is 0 Å². The van der Waals surface area contributed by atoms with Crippen LogP contribution in [0.4, 0.5) is 0 Å². The van der Waals surface area contributed by atoms with Crippen molar-refractivity contribution in [1.29, 1.82) is 0 Å². The van der Waals surface area contributed by atoms with Crippen molar-refractivity contribution in [3.63, 3.8) is 0 Å². The predicted molar refractivity (Wildman–Crippen MR) is 84.6 cm³/mol. The summed E-state index contributed by atoms with van der Waals surface area (Å²) >= 11 is 5.83. The summed E-state index contributed by atoms with van der Waals surface area (Å²) in [7, 11) is 1.92. The molecule has 1 amide bonds. The van der Waals surface area contributed by atoms with E-state index in [2.05, 4.69) is 24.3 Å². The summed E-state index contributed by atoms with van der Waals surface area (Å²) in [5, 5.41) is 7.82. The van der Waals surface area contributed by atoms with E-state index in [0.717, 1.165) is 5.69 Å². The van der Waals surface area contributed by atoms with Gasteiger partial charge >= 0.3 is 0 Å². The van der Waals surface area contributed by atoms with Crippen LogP contribution in [-0.4, -0.2) is 22.2 Å².